The third kappa shape index (κ3) is 2.59. The molecule has 8 nitrogen and oxygen atoms in total. The highest BCUT2D eigenvalue weighted by molar-refractivity contribution is 9.10. The molecule has 1 aromatic rings. The SMILES string of the molecule is NC(=O)C1CC(=O)N(c2nc(Cl)c(Br)cc2[N+](=O)[O-])C1. The van der Waals surface area contributed by atoms with Crippen LogP contribution in [0.25, 0.3) is 0 Å². The van der Waals surface area contributed by atoms with Crippen LogP contribution in [-0.2, 0) is 9.59 Å². The van der Waals surface area contributed by atoms with Gasteiger partial charge in [0.05, 0.1) is 15.3 Å². The quantitative estimate of drug-likeness (QED) is 0.492. The standard InChI is InChI=1S/C10H8BrClN4O4/c11-5-2-6(16(19)20)10(14-8(5)12)15-3-4(9(13)18)1-7(15)17/h2,4H,1,3H2,(H2,13,18). The number of aromatic nitrogens is 1. The molecule has 0 radical (unpaired) electrons. The second-order valence-electron chi connectivity index (χ2n) is 4.17. The van der Waals surface area contributed by atoms with Crippen LogP contribution in [0.3, 0.4) is 0 Å². The van der Waals surface area contributed by atoms with Gasteiger partial charge in [-0.15, -0.1) is 0 Å². The number of nitrogens with two attached hydrogens (primary N) is 1. The second kappa shape index (κ2) is 5.33. The minimum absolute atomic E-state index is 0.0130. The van der Waals surface area contributed by atoms with E-state index in [4.69, 9.17) is 17.3 Å². The Balaban J connectivity index is 2.47. The molecule has 1 aliphatic heterocycles. The number of nitro groups is 1. The first-order chi connectivity index (χ1) is 9.31. The van der Waals surface area contributed by atoms with Gasteiger partial charge in [0.15, 0.2) is 0 Å². The minimum Gasteiger partial charge on any atom is -0.369 e. The summed E-state index contributed by atoms with van der Waals surface area (Å²) in [5, 5.41) is 11.0. The molecule has 1 saturated heterocycles. The first-order valence-corrected chi connectivity index (χ1v) is 6.58. The third-order valence-electron chi connectivity index (χ3n) is 2.87. The van der Waals surface area contributed by atoms with E-state index in [-0.39, 0.29) is 34.1 Å². The lowest BCUT2D eigenvalue weighted by Gasteiger charge is -2.15. The van der Waals surface area contributed by atoms with Crippen molar-refractivity contribution in [2.45, 2.75) is 6.42 Å². The number of carbonyl (C=O) groups is 2. The molecule has 0 aromatic carbocycles. The number of pyridine rings is 1. The van der Waals surface area contributed by atoms with Crippen LogP contribution in [-0.4, -0.2) is 28.3 Å². The van der Waals surface area contributed by atoms with Crippen LogP contribution in [0.15, 0.2) is 10.5 Å². The lowest BCUT2D eigenvalue weighted by molar-refractivity contribution is -0.384. The van der Waals surface area contributed by atoms with Crippen molar-refractivity contribution in [3.05, 3.63) is 25.8 Å². The summed E-state index contributed by atoms with van der Waals surface area (Å²) in [6.07, 6.45) is -0.0954. The Morgan fingerprint density at radius 2 is 2.30 bits per heavy atom. The highest BCUT2D eigenvalue weighted by atomic mass is 79.9. The fourth-order valence-corrected chi connectivity index (χ4v) is 2.32. The highest BCUT2D eigenvalue weighted by Gasteiger charge is 2.38. The molecule has 1 atom stereocenters. The van der Waals surface area contributed by atoms with Crippen LogP contribution in [0.2, 0.25) is 5.15 Å². The Morgan fingerprint density at radius 1 is 1.65 bits per heavy atom. The molecule has 106 valence electrons. The number of halogens is 2. The zero-order valence-electron chi connectivity index (χ0n) is 9.88. The Hall–Kier alpha value is -1.74. The average Bonchev–Trinajstić information content (AvgIpc) is 2.74. The van der Waals surface area contributed by atoms with Crippen LogP contribution in [0.4, 0.5) is 11.5 Å². The van der Waals surface area contributed by atoms with E-state index in [0.717, 1.165) is 11.0 Å². The average molecular weight is 364 g/mol. The van der Waals surface area contributed by atoms with Gasteiger partial charge in [-0.25, -0.2) is 4.98 Å². The van der Waals surface area contributed by atoms with Gasteiger partial charge in [0, 0.05) is 19.0 Å². The van der Waals surface area contributed by atoms with E-state index in [9.17, 15) is 19.7 Å². The molecule has 20 heavy (non-hydrogen) atoms. The molecule has 2 heterocycles. The van der Waals surface area contributed by atoms with Crippen molar-refractivity contribution >= 4 is 50.9 Å². The Bertz CT molecular complexity index is 624. The molecule has 1 unspecified atom stereocenters. The van der Waals surface area contributed by atoms with E-state index >= 15 is 0 Å². The second-order valence-corrected chi connectivity index (χ2v) is 5.38. The first kappa shape index (κ1) is 14.7. The van der Waals surface area contributed by atoms with Crippen molar-refractivity contribution < 1.29 is 14.5 Å². The zero-order valence-corrected chi connectivity index (χ0v) is 12.2. The molecule has 0 bridgehead atoms. The van der Waals surface area contributed by atoms with Crippen molar-refractivity contribution in [1.29, 1.82) is 0 Å². The summed E-state index contributed by atoms with van der Waals surface area (Å²) in [4.78, 5) is 38.3. The van der Waals surface area contributed by atoms with Gasteiger partial charge in [-0.2, -0.15) is 0 Å². The fraction of sp³-hybridized carbons (Fsp3) is 0.300. The van der Waals surface area contributed by atoms with E-state index in [1.165, 1.54) is 0 Å². The molecule has 1 fully saturated rings. The topological polar surface area (TPSA) is 119 Å². The van der Waals surface area contributed by atoms with Crippen LogP contribution in [0, 0.1) is 16.0 Å². The number of hydrogen-bond donors (Lipinski definition) is 1. The maximum Gasteiger partial charge on any atom is 0.313 e. The molecular weight excluding hydrogens is 355 g/mol. The Kier molecular flexibility index (Phi) is 3.91. The van der Waals surface area contributed by atoms with E-state index in [1.807, 2.05) is 0 Å². The summed E-state index contributed by atoms with van der Waals surface area (Å²) in [6, 6.07) is 1.16. The summed E-state index contributed by atoms with van der Waals surface area (Å²) in [5.41, 5.74) is 4.77. The molecule has 10 heteroatoms. The number of nitrogens with zero attached hydrogens (tertiary/aromatic N) is 3. The van der Waals surface area contributed by atoms with Gasteiger partial charge in [-0.3, -0.25) is 24.6 Å². The Labute approximate surface area is 126 Å². The van der Waals surface area contributed by atoms with Gasteiger partial charge >= 0.3 is 5.69 Å². The first-order valence-electron chi connectivity index (χ1n) is 5.41. The maximum atomic E-state index is 11.9. The maximum absolute atomic E-state index is 11.9. The molecule has 0 spiro atoms. The molecule has 0 saturated carbocycles. The van der Waals surface area contributed by atoms with Crippen LogP contribution in [0.1, 0.15) is 6.42 Å². The largest absolute Gasteiger partial charge is 0.369 e. The number of carbonyl (C=O) groups excluding carboxylic acids is 2. The van der Waals surface area contributed by atoms with Crippen LogP contribution >= 0.6 is 27.5 Å². The van der Waals surface area contributed by atoms with Gasteiger partial charge in [0.25, 0.3) is 0 Å². The van der Waals surface area contributed by atoms with Gasteiger partial charge < -0.3 is 5.73 Å². The monoisotopic (exact) mass is 362 g/mol. The smallest absolute Gasteiger partial charge is 0.313 e. The number of primary amides is 1. The third-order valence-corrected chi connectivity index (χ3v) is 3.99. The van der Waals surface area contributed by atoms with Crippen molar-refractivity contribution in [2.24, 2.45) is 11.7 Å². The fourth-order valence-electron chi connectivity index (χ4n) is 1.88. The summed E-state index contributed by atoms with van der Waals surface area (Å²) >= 11 is 8.84. The summed E-state index contributed by atoms with van der Waals surface area (Å²) in [6.45, 7) is -0.0417. The predicted molar refractivity (Wildman–Crippen MR) is 73.3 cm³/mol. The lowest BCUT2D eigenvalue weighted by Crippen LogP contribution is -2.29. The van der Waals surface area contributed by atoms with Crippen molar-refractivity contribution in [3.8, 4) is 0 Å². The molecule has 2 N–H and O–H groups in total. The van der Waals surface area contributed by atoms with E-state index in [1.54, 1.807) is 0 Å². The van der Waals surface area contributed by atoms with Gasteiger partial charge in [-0.05, 0) is 15.9 Å². The van der Waals surface area contributed by atoms with Crippen LogP contribution in [0.5, 0.6) is 0 Å². The van der Waals surface area contributed by atoms with Gasteiger partial charge in [-0.1, -0.05) is 11.6 Å². The molecule has 2 amide bonds. The molecule has 1 aromatic heterocycles. The lowest BCUT2D eigenvalue weighted by atomic mass is 10.1. The van der Waals surface area contributed by atoms with E-state index < -0.39 is 22.7 Å². The molecule has 1 aliphatic rings. The van der Waals surface area contributed by atoms with E-state index in [2.05, 4.69) is 20.9 Å². The highest BCUT2D eigenvalue weighted by Crippen LogP contribution is 2.35. The summed E-state index contributed by atoms with van der Waals surface area (Å²) < 4.78 is 0.243. The van der Waals surface area contributed by atoms with Crippen LogP contribution < -0.4 is 10.6 Å². The number of amides is 2. The summed E-state index contributed by atoms with van der Waals surface area (Å²) in [5.74, 6) is -1.96. The molecular formula is C10H8BrClN4O4. The summed E-state index contributed by atoms with van der Waals surface area (Å²) in [7, 11) is 0. The molecule has 2 rings (SSSR count). The molecule has 0 aliphatic carbocycles. The van der Waals surface area contributed by atoms with Crippen molar-refractivity contribution in [3.63, 3.8) is 0 Å². The number of rotatable bonds is 3. The van der Waals surface area contributed by atoms with Crippen molar-refractivity contribution in [2.75, 3.05) is 11.4 Å². The van der Waals surface area contributed by atoms with E-state index in [0.29, 0.717) is 0 Å². The predicted octanol–water partition coefficient (Wildman–Crippen LogP) is 1.24. The number of hydrogen-bond acceptors (Lipinski definition) is 5. The zero-order chi connectivity index (χ0) is 15.0. The van der Waals surface area contributed by atoms with Crippen molar-refractivity contribution in [1.82, 2.24) is 4.98 Å². The number of anilines is 1. The van der Waals surface area contributed by atoms with Gasteiger partial charge in [0.1, 0.15) is 5.15 Å². The normalized spacial score (nSPS) is 18.4. The minimum atomic E-state index is -0.689. The Morgan fingerprint density at radius 3 is 2.80 bits per heavy atom. The van der Waals surface area contributed by atoms with Gasteiger partial charge in [0.2, 0.25) is 17.6 Å².